The van der Waals surface area contributed by atoms with Crippen molar-refractivity contribution in [2.45, 2.75) is 19.8 Å². The molecule has 1 aromatic carbocycles. The third kappa shape index (κ3) is 3.58. The van der Waals surface area contributed by atoms with Crippen LogP contribution >= 0.6 is 0 Å². The molecule has 0 bridgehead atoms. The van der Waals surface area contributed by atoms with Crippen LogP contribution in [0.3, 0.4) is 0 Å². The second-order valence-electron chi connectivity index (χ2n) is 4.13. The van der Waals surface area contributed by atoms with Crippen molar-refractivity contribution in [1.82, 2.24) is 4.90 Å². The lowest BCUT2D eigenvalue weighted by Gasteiger charge is -2.15. The Kier molecular flexibility index (Phi) is 5.36. The number of benzene rings is 1. The number of nitrogens with zero attached hydrogens (tertiary/aromatic N) is 1. The average Bonchev–Trinajstić information content (AvgIpc) is 2.43. The molecule has 0 saturated heterocycles. The third-order valence-corrected chi connectivity index (χ3v) is 2.95. The first kappa shape index (κ1) is 14.2. The van der Waals surface area contributed by atoms with Gasteiger partial charge in [-0.1, -0.05) is 19.1 Å². The number of aryl methyl sites for hydroxylation is 1. The molecule has 0 radical (unpaired) electrons. The van der Waals surface area contributed by atoms with Gasteiger partial charge in [0.15, 0.2) is 0 Å². The van der Waals surface area contributed by atoms with Crippen molar-refractivity contribution in [3.05, 3.63) is 29.3 Å². The highest BCUT2D eigenvalue weighted by Crippen LogP contribution is 2.20. The van der Waals surface area contributed by atoms with E-state index in [2.05, 4.69) is 13.0 Å². The van der Waals surface area contributed by atoms with Gasteiger partial charge in [-0.2, -0.15) is 0 Å². The lowest BCUT2D eigenvalue weighted by Crippen LogP contribution is -2.29. The number of hydrogen-bond donors (Lipinski definition) is 0. The Bertz CT molecular complexity index is 429. The van der Waals surface area contributed by atoms with Crippen LogP contribution in [0.2, 0.25) is 0 Å². The molecular formula is C14H19NO3. The van der Waals surface area contributed by atoms with E-state index < -0.39 is 5.91 Å². The maximum Gasteiger partial charge on any atom is 0.286 e. The molecule has 0 aromatic heterocycles. The second kappa shape index (κ2) is 6.79. The van der Waals surface area contributed by atoms with Crippen molar-refractivity contribution in [2.75, 3.05) is 20.7 Å². The summed E-state index contributed by atoms with van der Waals surface area (Å²) < 4.78 is 5.29. The number of methoxy groups -OCH3 is 1. The summed E-state index contributed by atoms with van der Waals surface area (Å²) in [5, 5.41) is 0. The van der Waals surface area contributed by atoms with Crippen LogP contribution in [0.1, 0.15) is 18.1 Å². The molecule has 0 aliphatic rings. The first-order valence-corrected chi connectivity index (χ1v) is 5.98. The topological polar surface area (TPSA) is 46.6 Å². The predicted octanol–water partition coefficient (Wildman–Crippen LogP) is 1.46. The molecular weight excluding hydrogens is 230 g/mol. The molecule has 1 rings (SSSR count). The molecule has 0 aliphatic carbocycles. The minimum Gasteiger partial charge on any atom is -0.496 e. The Labute approximate surface area is 108 Å². The van der Waals surface area contributed by atoms with Crippen LogP contribution in [0.15, 0.2) is 18.2 Å². The van der Waals surface area contributed by atoms with Gasteiger partial charge < -0.3 is 9.64 Å². The molecule has 4 heteroatoms. The molecule has 0 saturated carbocycles. The van der Waals surface area contributed by atoms with Crippen molar-refractivity contribution in [1.29, 1.82) is 0 Å². The molecule has 0 N–H and O–H groups in total. The number of carbonyl (C=O) groups is 2. The van der Waals surface area contributed by atoms with Crippen LogP contribution in [-0.2, 0) is 22.4 Å². The molecule has 1 amide bonds. The van der Waals surface area contributed by atoms with E-state index >= 15 is 0 Å². The van der Waals surface area contributed by atoms with E-state index in [9.17, 15) is 9.59 Å². The van der Waals surface area contributed by atoms with Crippen molar-refractivity contribution in [3.8, 4) is 5.75 Å². The molecule has 0 fully saturated rings. The van der Waals surface area contributed by atoms with E-state index in [1.165, 1.54) is 10.5 Å². The molecule has 98 valence electrons. The largest absolute Gasteiger partial charge is 0.496 e. The first-order valence-electron chi connectivity index (χ1n) is 5.98. The number of likely N-dealkylation sites (N-methyl/N-ethyl adjacent to an activating group) is 1. The van der Waals surface area contributed by atoms with Gasteiger partial charge in [0, 0.05) is 13.6 Å². The zero-order valence-corrected chi connectivity index (χ0v) is 11.1. The number of amides is 1. The standard InChI is InChI=1S/C14H19NO3/c1-4-11-5-6-13(18-3)12(9-11)7-8-15(2)14(17)10-16/h5-6,9-10H,4,7-8H2,1-3H3. The van der Waals surface area contributed by atoms with Gasteiger partial charge in [0.05, 0.1) is 7.11 Å². The highest BCUT2D eigenvalue weighted by Gasteiger charge is 2.09. The normalized spacial score (nSPS) is 9.94. The Balaban J connectivity index is 2.76. The summed E-state index contributed by atoms with van der Waals surface area (Å²) in [7, 11) is 3.25. The molecule has 0 unspecified atom stereocenters. The molecule has 0 atom stereocenters. The molecule has 0 spiro atoms. The van der Waals surface area contributed by atoms with Crippen molar-refractivity contribution in [2.24, 2.45) is 0 Å². The van der Waals surface area contributed by atoms with Crippen LogP contribution in [0.5, 0.6) is 5.75 Å². The Morgan fingerprint density at radius 1 is 1.44 bits per heavy atom. The summed E-state index contributed by atoms with van der Waals surface area (Å²) in [6.07, 6.45) is 1.97. The van der Waals surface area contributed by atoms with Crippen LogP contribution in [0.4, 0.5) is 0 Å². The van der Waals surface area contributed by atoms with Gasteiger partial charge in [-0.15, -0.1) is 0 Å². The number of rotatable bonds is 6. The smallest absolute Gasteiger partial charge is 0.286 e. The van der Waals surface area contributed by atoms with Gasteiger partial charge in [0.2, 0.25) is 6.29 Å². The van der Waals surface area contributed by atoms with Crippen LogP contribution in [0.25, 0.3) is 0 Å². The van der Waals surface area contributed by atoms with E-state index in [0.29, 0.717) is 19.3 Å². The Morgan fingerprint density at radius 3 is 2.72 bits per heavy atom. The molecule has 0 heterocycles. The zero-order valence-electron chi connectivity index (χ0n) is 11.1. The van der Waals surface area contributed by atoms with Gasteiger partial charge >= 0.3 is 0 Å². The summed E-state index contributed by atoms with van der Waals surface area (Å²) in [4.78, 5) is 22.9. The minimum atomic E-state index is -0.499. The SMILES string of the molecule is CCc1ccc(OC)c(CCN(C)C(=O)C=O)c1. The van der Waals surface area contributed by atoms with Gasteiger partial charge in [-0.3, -0.25) is 9.59 Å². The summed E-state index contributed by atoms with van der Waals surface area (Å²) in [5.74, 6) is 0.319. The van der Waals surface area contributed by atoms with E-state index in [-0.39, 0.29) is 0 Å². The number of aldehydes is 1. The molecule has 18 heavy (non-hydrogen) atoms. The van der Waals surface area contributed by atoms with Gasteiger partial charge in [0.25, 0.3) is 5.91 Å². The lowest BCUT2D eigenvalue weighted by atomic mass is 10.0. The first-order chi connectivity index (χ1) is 8.62. The van der Waals surface area contributed by atoms with E-state index in [1.54, 1.807) is 14.2 Å². The predicted molar refractivity (Wildman–Crippen MR) is 69.8 cm³/mol. The fraction of sp³-hybridized carbons (Fsp3) is 0.429. The maximum atomic E-state index is 11.1. The van der Waals surface area contributed by atoms with Gasteiger partial charge in [-0.05, 0) is 30.0 Å². The Morgan fingerprint density at radius 2 is 2.17 bits per heavy atom. The molecule has 4 nitrogen and oxygen atoms in total. The quantitative estimate of drug-likeness (QED) is 0.566. The fourth-order valence-electron chi connectivity index (χ4n) is 1.74. The lowest BCUT2D eigenvalue weighted by molar-refractivity contribution is -0.137. The van der Waals surface area contributed by atoms with Gasteiger partial charge in [-0.25, -0.2) is 0 Å². The number of carbonyl (C=O) groups excluding carboxylic acids is 2. The summed E-state index contributed by atoms with van der Waals surface area (Å²) in [6, 6.07) is 6.05. The molecule has 0 aliphatic heterocycles. The van der Waals surface area contributed by atoms with E-state index in [1.807, 2.05) is 12.1 Å². The summed E-state index contributed by atoms with van der Waals surface area (Å²) >= 11 is 0. The highest BCUT2D eigenvalue weighted by molar-refractivity contribution is 6.23. The number of hydrogen-bond acceptors (Lipinski definition) is 3. The van der Waals surface area contributed by atoms with Crippen molar-refractivity contribution >= 4 is 12.2 Å². The second-order valence-corrected chi connectivity index (χ2v) is 4.13. The van der Waals surface area contributed by atoms with Crippen molar-refractivity contribution in [3.63, 3.8) is 0 Å². The average molecular weight is 249 g/mol. The minimum absolute atomic E-state index is 0.333. The highest BCUT2D eigenvalue weighted by atomic mass is 16.5. The van der Waals surface area contributed by atoms with Crippen LogP contribution in [-0.4, -0.2) is 37.8 Å². The zero-order chi connectivity index (χ0) is 13.5. The van der Waals surface area contributed by atoms with Gasteiger partial charge in [0.1, 0.15) is 5.75 Å². The van der Waals surface area contributed by atoms with Crippen LogP contribution < -0.4 is 4.74 Å². The summed E-state index contributed by atoms with van der Waals surface area (Å²) in [5.41, 5.74) is 2.29. The van der Waals surface area contributed by atoms with Crippen molar-refractivity contribution < 1.29 is 14.3 Å². The summed E-state index contributed by atoms with van der Waals surface area (Å²) in [6.45, 7) is 2.59. The number of ether oxygens (including phenoxy) is 1. The Hall–Kier alpha value is -1.84. The van der Waals surface area contributed by atoms with E-state index in [0.717, 1.165) is 17.7 Å². The maximum absolute atomic E-state index is 11.1. The molecule has 1 aromatic rings. The monoisotopic (exact) mass is 249 g/mol. The third-order valence-electron chi connectivity index (χ3n) is 2.95. The fourth-order valence-corrected chi connectivity index (χ4v) is 1.74. The van der Waals surface area contributed by atoms with E-state index in [4.69, 9.17) is 4.74 Å². The van der Waals surface area contributed by atoms with Crippen LogP contribution in [0, 0.1) is 0 Å².